The van der Waals surface area contributed by atoms with Crippen molar-refractivity contribution >= 4 is 5.91 Å². The molecule has 1 unspecified atom stereocenters. The summed E-state index contributed by atoms with van der Waals surface area (Å²) < 4.78 is 5.09. The molecule has 0 aromatic carbocycles. The molecule has 0 radical (unpaired) electrons. The monoisotopic (exact) mass is 228 g/mol. The van der Waals surface area contributed by atoms with Crippen molar-refractivity contribution in [1.29, 1.82) is 0 Å². The van der Waals surface area contributed by atoms with Gasteiger partial charge in [0.25, 0.3) is 0 Å². The Balaban J connectivity index is 2.56. The van der Waals surface area contributed by atoms with Crippen LogP contribution in [0.15, 0.2) is 0 Å². The van der Waals surface area contributed by atoms with E-state index >= 15 is 0 Å². The van der Waals surface area contributed by atoms with Gasteiger partial charge in [-0.05, 0) is 46.6 Å². The Kier molecular flexibility index (Phi) is 4.33. The molecule has 1 rings (SSSR count). The highest BCUT2D eigenvalue weighted by Crippen LogP contribution is 2.19. The minimum absolute atomic E-state index is 0.0780. The quantitative estimate of drug-likeness (QED) is 0.756. The summed E-state index contributed by atoms with van der Waals surface area (Å²) in [5.74, 6) is 0.0780. The van der Waals surface area contributed by atoms with Crippen LogP contribution >= 0.6 is 0 Å². The lowest BCUT2D eigenvalue weighted by molar-refractivity contribution is -0.130. The molecule has 0 aromatic heterocycles. The predicted molar refractivity (Wildman–Crippen MR) is 64.4 cm³/mol. The molecular weight excluding hydrogens is 204 g/mol. The molecule has 0 bridgehead atoms. The summed E-state index contributed by atoms with van der Waals surface area (Å²) in [5.41, 5.74) is -0.725. The number of carbonyl (C=O) groups excluding carboxylic acids is 1. The average molecular weight is 228 g/mol. The van der Waals surface area contributed by atoms with Gasteiger partial charge >= 0.3 is 0 Å². The molecule has 1 fully saturated rings. The van der Waals surface area contributed by atoms with Crippen molar-refractivity contribution in [2.24, 2.45) is 0 Å². The van der Waals surface area contributed by atoms with Gasteiger partial charge in [-0.2, -0.15) is 0 Å². The molecule has 0 aliphatic carbocycles. The molecule has 2 N–H and O–H groups in total. The van der Waals surface area contributed by atoms with Gasteiger partial charge in [-0.25, -0.2) is 0 Å². The number of hydrogen-bond acceptors (Lipinski definition) is 3. The Morgan fingerprint density at radius 2 is 2.19 bits per heavy atom. The first-order valence-electron chi connectivity index (χ1n) is 5.96. The lowest BCUT2D eigenvalue weighted by Crippen LogP contribution is -2.61. The van der Waals surface area contributed by atoms with E-state index in [0.29, 0.717) is 6.61 Å². The van der Waals surface area contributed by atoms with Crippen LogP contribution in [0.4, 0.5) is 0 Å². The summed E-state index contributed by atoms with van der Waals surface area (Å²) in [6, 6.07) is 0. The fourth-order valence-corrected chi connectivity index (χ4v) is 2.09. The number of nitrogens with one attached hydrogen (secondary N) is 2. The third-order valence-corrected chi connectivity index (χ3v) is 3.08. The fourth-order valence-electron chi connectivity index (χ4n) is 2.09. The molecule has 1 saturated heterocycles. The van der Waals surface area contributed by atoms with Crippen molar-refractivity contribution in [2.75, 3.05) is 20.3 Å². The fraction of sp³-hybridized carbons (Fsp3) is 0.917. The van der Waals surface area contributed by atoms with E-state index < -0.39 is 5.54 Å². The number of amides is 1. The third kappa shape index (κ3) is 3.46. The van der Waals surface area contributed by atoms with E-state index in [-0.39, 0.29) is 11.4 Å². The standard InChI is InChI=1S/C12H24N2O2/c1-11(2,9-16-4)14-10(15)12(3)7-5-6-8-13-12/h13H,5-9H2,1-4H3,(H,14,15). The second-order valence-electron chi connectivity index (χ2n) is 5.49. The third-order valence-electron chi connectivity index (χ3n) is 3.08. The Bertz CT molecular complexity index is 245. The van der Waals surface area contributed by atoms with Gasteiger partial charge in [-0.15, -0.1) is 0 Å². The van der Waals surface area contributed by atoms with Gasteiger partial charge in [0.15, 0.2) is 0 Å². The van der Waals surface area contributed by atoms with Crippen LogP contribution in [0.1, 0.15) is 40.0 Å². The van der Waals surface area contributed by atoms with Gasteiger partial charge in [0.1, 0.15) is 0 Å². The Labute approximate surface area is 98.1 Å². The zero-order valence-corrected chi connectivity index (χ0v) is 10.9. The molecule has 0 aromatic rings. The van der Waals surface area contributed by atoms with Crippen molar-refractivity contribution in [3.8, 4) is 0 Å². The smallest absolute Gasteiger partial charge is 0.240 e. The van der Waals surface area contributed by atoms with Crippen LogP contribution < -0.4 is 10.6 Å². The van der Waals surface area contributed by atoms with E-state index in [4.69, 9.17) is 4.74 Å². The van der Waals surface area contributed by atoms with Crippen LogP contribution in [0.2, 0.25) is 0 Å². The molecule has 1 aliphatic heterocycles. The highest BCUT2D eigenvalue weighted by molar-refractivity contribution is 5.86. The van der Waals surface area contributed by atoms with E-state index in [1.165, 1.54) is 0 Å². The summed E-state index contributed by atoms with van der Waals surface area (Å²) in [6.07, 6.45) is 3.17. The van der Waals surface area contributed by atoms with E-state index in [1.54, 1.807) is 7.11 Å². The number of rotatable bonds is 4. The first-order chi connectivity index (χ1) is 7.40. The minimum atomic E-state index is -0.413. The number of ether oxygens (including phenoxy) is 1. The topological polar surface area (TPSA) is 50.4 Å². The molecule has 1 heterocycles. The highest BCUT2D eigenvalue weighted by Gasteiger charge is 2.36. The first-order valence-corrected chi connectivity index (χ1v) is 5.96. The van der Waals surface area contributed by atoms with Crippen molar-refractivity contribution in [3.05, 3.63) is 0 Å². The summed E-state index contributed by atoms with van der Waals surface area (Å²) >= 11 is 0. The molecule has 4 heteroatoms. The normalized spacial score (nSPS) is 26.5. The van der Waals surface area contributed by atoms with E-state index in [1.807, 2.05) is 20.8 Å². The summed E-state index contributed by atoms with van der Waals surface area (Å²) in [6.45, 7) is 7.37. The van der Waals surface area contributed by atoms with E-state index in [0.717, 1.165) is 25.8 Å². The molecule has 1 atom stereocenters. The van der Waals surface area contributed by atoms with Gasteiger partial charge in [-0.1, -0.05) is 0 Å². The molecule has 0 spiro atoms. The molecule has 4 nitrogen and oxygen atoms in total. The summed E-state index contributed by atoms with van der Waals surface area (Å²) in [5, 5.41) is 6.35. The minimum Gasteiger partial charge on any atom is -0.382 e. The second-order valence-corrected chi connectivity index (χ2v) is 5.49. The maximum atomic E-state index is 12.2. The SMILES string of the molecule is COCC(C)(C)NC(=O)C1(C)CCCCN1. The van der Waals surface area contributed by atoms with Gasteiger partial charge in [-0.3, -0.25) is 4.79 Å². The Morgan fingerprint density at radius 1 is 1.50 bits per heavy atom. The van der Waals surface area contributed by atoms with Crippen molar-refractivity contribution < 1.29 is 9.53 Å². The van der Waals surface area contributed by atoms with Gasteiger partial charge in [0, 0.05) is 7.11 Å². The summed E-state index contributed by atoms with van der Waals surface area (Å²) in [4.78, 5) is 12.2. The van der Waals surface area contributed by atoms with Crippen LogP contribution in [-0.4, -0.2) is 37.2 Å². The van der Waals surface area contributed by atoms with Crippen LogP contribution in [0.3, 0.4) is 0 Å². The molecule has 94 valence electrons. The van der Waals surface area contributed by atoms with Crippen molar-refractivity contribution in [2.45, 2.75) is 51.1 Å². The lowest BCUT2D eigenvalue weighted by Gasteiger charge is -2.37. The van der Waals surface area contributed by atoms with Gasteiger partial charge < -0.3 is 15.4 Å². The number of methoxy groups -OCH3 is 1. The highest BCUT2D eigenvalue weighted by atomic mass is 16.5. The van der Waals surface area contributed by atoms with Crippen LogP contribution in [-0.2, 0) is 9.53 Å². The number of carbonyl (C=O) groups is 1. The number of piperidine rings is 1. The van der Waals surface area contributed by atoms with Gasteiger partial charge in [0.2, 0.25) is 5.91 Å². The molecular formula is C12H24N2O2. The molecule has 0 saturated carbocycles. The zero-order chi connectivity index (χ0) is 12.2. The maximum absolute atomic E-state index is 12.2. The van der Waals surface area contributed by atoms with Crippen LogP contribution in [0.5, 0.6) is 0 Å². The Morgan fingerprint density at radius 3 is 2.69 bits per heavy atom. The zero-order valence-electron chi connectivity index (χ0n) is 10.9. The lowest BCUT2D eigenvalue weighted by atomic mass is 9.89. The molecule has 1 amide bonds. The van der Waals surface area contributed by atoms with Crippen molar-refractivity contribution in [3.63, 3.8) is 0 Å². The van der Waals surface area contributed by atoms with Gasteiger partial charge in [0.05, 0.1) is 17.7 Å². The largest absolute Gasteiger partial charge is 0.382 e. The maximum Gasteiger partial charge on any atom is 0.240 e. The Hall–Kier alpha value is -0.610. The molecule has 16 heavy (non-hydrogen) atoms. The second kappa shape index (κ2) is 5.15. The molecule has 1 aliphatic rings. The van der Waals surface area contributed by atoms with Crippen LogP contribution in [0.25, 0.3) is 0 Å². The van der Waals surface area contributed by atoms with Crippen molar-refractivity contribution in [1.82, 2.24) is 10.6 Å². The van der Waals surface area contributed by atoms with E-state index in [2.05, 4.69) is 10.6 Å². The predicted octanol–water partition coefficient (Wildman–Crippen LogP) is 1.06. The number of hydrogen-bond donors (Lipinski definition) is 2. The average Bonchev–Trinajstić information content (AvgIpc) is 2.17. The van der Waals surface area contributed by atoms with E-state index in [9.17, 15) is 4.79 Å². The first kappa shape index (κ1) is 13.5. The summed E-state index contributed by atoms with van der Waals surface area (Å²) in [7, 11) is 1.65. The van der Waals surface area contributed by atoms with Crippen LogP contribution in [0, 0.1) is 0 Å².